The van der Waals surface area contributed by atoms with E-state index < -0.39 is 0 Å². The van der Waals surface area contributed by atoms with Crippen molar-refractivity contribution >= 4 is 11.4 Å². The average Bonchev–Trinajstić information content (AvgIpc) is 2.45. The van der Waals surface area contributed by atoms with Crippen LogP contribution in [0.3, 0.4) is 0 Å². The minimum atomic E-state index is 0.793. The zero-order valence-electron chi connectivity index (χ0n) is 11.5. The zero-order valence-corrected chi connectivity index (χ0v) is 11.5. The largest absolute Gasteiger partial charge is 0.496 e. The Hall–Kier alpha value is -2.16. The number of nitrogens with two attached hydrogens (primary N) is 1. The number of hydrogen-bond acceptors (Lipinski definition) is 3. The Morgan fingerprint density at radius 1 is 1.05 bits per heavy atom. The quantitative estimate of drug-likeness (QED) is 0.836. The molecule has 0 amide bonds. The van der Waals surface area contributed by atoms with E-state index >= 15 is 0 Å². The van der Waals surface area contributed by atoms with E-state index in [0.29, 0.717) is 0 Å². The number of anilines is 2. The van der Waals surface area contributed by atoms with Gasteiger partial charge in [0.25, 0.3) is 0 Å². The predicted molar refractivity (Wildman–Crippen MR) is 80.8 cm³/mol. The molecule has 0 aliphatic rings. The van der Waals surface area contributed by atoms with Crippen LogP contribution in [0.25, 0.3) is 0 Å². The number of hydrogen-bond donors (Lipinski definition) is 1. The van der Waals surface area contributed by atoms with E-state index in [1.165, 1.54) is 11.3 Å². The summed E-state index contributed by atoms with van der Waals surface area (Å²) in [5, 5.41) is 0. The lowest BCUT2D eigenvalue weighted by Gasteiger charge is -2.20. The molecule has 0 aliphatic carbocycles. The smallest absolute Gasteiger partial charge is 0.122 e. The van der Waals surface area contributed by atoms with Gasteiger partial charge in [-0.05, 0) is 42.3 Å². The van der Waals surface area contributed by atoms with Gasteiger partial charge in [-0.15, -0.1) is 0 Å². The summed E-state index contributed by atoms with van der Waals surface area (Å²) >= 11 is 0. The molecule has 0 fully saturated rings. The molecular weight excluding hydrogens is 236 g/mol. The lowest BCUT2D eigenvalue weighted by Crippen LogP contribution is -2.20. The first-order chi connectivity index (χ1) is 9.20. The lowest BCUT2D eigenvalue weighted by molar-refractivity contribution is 0.409. The van der Waals surface area contributed by atoms with E-state index in [1.807, 2.05) is 42.5 Å². The Bertz CT molecular complexity index is 523. The summed E-state index contributed by atoms with van der Waals surface area (Å²) in [6, 6.07) is 16.1. The van der Waals surface area contributed by atoms with E-state index in [9.17, 15) is 0 Å². The Labute approximate surface area is 114 Å². The summed E-state index contributed by atoms with van der Waals surface area (Å²) in [5.74, 6) is 0.952. The van der Waals surface area contributed by atoms with Gasteiger partial charge in [0.15, 0.2) is 0 Å². The van der Waals surface area contributed by atoms with Crippen molar-refractivity contribution in [2.75, 3.05) is 31.3 Å². The first-order valence-corrected chi connectivity index (χ1v) is 6.39. The van der Waals surface area contributed by atoms with E-state index in [-0.39, 0.29) is 0 Å². The molecule has 0 saturated carbocycles. The third kappa shape index (κ3) is 3.41. The minimum Gasteiger partial charge on any atom is -0.496 e. The maximum Gasteiger partial charge on any atom is 0.122 e. The molecule has 2 rings (SSSR count). The second-order valence-corrected chi connectivity index (χ2v) is 4.57. The van der Waals surface area contributed by atoms with Crippen molar-refractivity contribution in [1.82, 2.24) is 0 Å². The number of ether oxygens (including phenoxy) is 1. The molecule has 0 atom stereocenters. The van der Waals surface area contributed by atoms with Crippen LogP contribution in [0, 0.1) is 0 Å². The lowest BCUT2D eigenvalue weighted by atomic mass is 10.1. The van der Waals surface area contributed by atoms with Gasteiger partial charge in [0.05, 0.1) is 7.11 Å². The van der Waals surface area contributed by atoms with Crippen molar-refractivity contribution in [1.29, 1.82) is 0 Å². The summed E-state index contributed by atoms with van der Waals surface area (Å²) < 4.78 is 5.36. The standard InChI is InChI=1S/C16H20N2O/c1-18(15-9-7-14(17)8-10-15)12-11-13-5-3-4-6-16(13)19-2/h3-10H,11-12,17H2,1-2H3. The maximum absolute atomic E-state index is 5.69. The number of rotatable bonds is 5. The van der Waals surface area contributed by atoms with Crippen molar-refractivity contribution in [3.05, 3.63) is 54.1 Å². The van der Waals surface area contributed by atoms with Gasteiger partial charge in [-0.2, -0.15) is 0 Å². The van der Waals surface area contributed by atoms with Crippen molar-refractivity contribution < 1.29 is 4.74 Å². The third-order valence-electron chi connectivity index (χ3n) is 3.24. The van der Waals surface area contributed by atoms with Crippen LogP contribution in [0.5, 0.6) is 5.75 Å². The van der Waals surface area contributed by atoms with Gasteiger partial charge in [-0.3, -0.25) is 0 Å². The highest BCUT2D eigenvalue weighted by molar-refractivity contribution is 5.52. The molecule has 0 heterocycles. The molecule has 0 bridgehead atoms. The van der Waals surface area contributed by atoms with E-state index in [0.717, 1.165) is 24.4 Å². The van der Waals surface area contributed by atoms with Gasteiger partial charge in [0.1, 0.15) is 5.75 Å². The van der Waals surface area contributed by atoms with E-state index in [2.05, 4.69) is 18.0 Å². The number of para-hydroxylation sites is 1. The van der Waals surface area contributed by atoms with Crippen molar-refractivity contribution in [3.63, 3.8) is 0 Å². The molecule has 0 unspecified atom stereocenters. The molecule has 2 aromatic rings. The first kappa shape index (κ1) is 13.3. The van der Waals surface area contributed by atoms with E-state index in [1.54, 1.807) is 7.11 Å². The summed E-state index contributed by atoms with van der Waals surface area (Å²) in [6.07, 6.45) is 0.949. The molecule has 2 N–H and O–H groups in total. The molecule has 19 heavy (non-hydrogen) atoms. The Balaban J connectivity index is 2.00. The number of nitrogens with zero attached hydrogens (tertiary/aromatic N) is 1. The number of nitrogen functional groups attached to an aromatic ring is 1. The summed E-state index contributed by atoms with van der Waals surface area (Å²) in [5.41, 5.74) is 8.89. The number of benzene rings is 2. The molecule has 100 valence electrons. The Morgan fingerprint density at radius 3 is 2.42 bits per heavy atom. The topological polar surface area (TPSA) is 38.5 Å². The van der Waals surface area contributed by atoms with Crippen molar-refractivity contribution in [2.24, 2.45) is 0 Å². The Kier molecular flexibility index (Phi) is 4.29. The van der Waals surface area contributed by atoms with Crippen molar-refractivity contribution in [2.45, 2.75) is 6.42 Å². The fourth-order valence-electron chi connectivity index (χ4n) is 2.06. The van der Waals surface area contributed by atoms with Gasteiger partial charge in [-0.25, -0.2) is 0 Å². The monoisotopic (exact) mass is 256 g/mol. The molecule has 0 aliphatic heterocycles. The highest BCUT2D eigenvalue weighted by Crippen LogP contribution is 2.20. The molecule has 0 radical (unpaired) electrons. The zero-order chi connectivity index (χ0) is 13.7. The van der Waals surface area contributed by atoms with Gasteiger partial charge >= 0.3 is 0 Å². The van der Waals surface area contributed by atoms with Crippen LogP contribution in [-0.4, -0.2) is 20.7 Å². The molecule has 0 saturated heterocycles. The minimum absolute atomic E-state index is 0.793. The second kappa shape index (κ2) is 6.14. The molecule has 0 aromatic heterocycles. The normalized spacial score (nSPS) is 10.2. The fourth-order valence-corrected chi connectivity index (χ4v) is 2.06. The molecule has 0 spiro atoms. The van der Waals surface area contributed by atoms with Gasteiger partial charge in [0, 0.05) is 25.0 Å². The van der Waals surface area contributed by atoms with Crippen LogP contribution in [0.1, 0.15) is 5.56 Å². The van der Waals surface area contributed by atoms with Crippen LogP contribution < -0.4 is 15.4 Å². The number of likely N-dealkylation sites (N-methyl/N-ethyl adjacent to an activating group) is 1. The van der Waals surface area contributed by atoms with Crippen LogP contribution in [0.2, 0.25) is 0 Å². The van der Waals surface area contributed by atoms with Crippen LogP contribution in [0.4, 0.5) is 11.4 Å². The van der Waals surface area contributed by atoms with Crippen LogP contribution >= 0.6 is 0 Å². The second-order valence-electron chi connectivity index (χ2n) is 4.57. The average molecular weight is 256 g/mol. The highest BCUT2D eigenvalue weighted by Gasteiger charge is 2.04. The first-order valence-electron chi connectivity index (χ1n) is 6.39. The number of methoxy groups -OCH3 is 1. The van der Waals surface area contributed by atoms with Crippen molar-refractivity contribution in [3.8, 4) is 5.75 Å². The summed E-state index contributed by atoms with van der Waals surface area (Å²) in [7, 11) is 3.80. The van der Waals surface area contributed by atoms with Crippen LogP contribution in [0.15, 0.2) is 48.5 Å². The third-order valence-corrected chi connectivity index (χ3v) is 3.24. The SMILES string of the molecule is COc1ccccc1CCN(C)c1ccc(N)cc1. The van der Waals surface area contributed by atoms with Crippen LogP contribution in [-0.2, 0) is 6.42 Å². The molecule has 2 aromatic carbocycles. The molecular formula is C16H20N2O. The fraction of sp³-hybridized carbons (Fsp3) is 0.250. The Morgan fingerprint density at radius 2 is 1.74 bits per heavy atom. The molecule has 3 heteroatoms. The highest BCUT2D eigenvalue weighted by atomic mass is 16.5. The van der Waals surface area contributed by atoms with E-state index in [4.69, 9.17) is 10.5 Å². The van der Waals surface area contributed by atoms with Gasteiger partial charge in [-0.1, -0.05) is 18.2 Å². The summed E-state index contributed by atoms with van der Waals surface area (Å²) in [6.45, 7) is 0.935. The molecule has 3 nitrogen and oxygen atoms in total. The summed E-state index contributed by atoms with van der Waals surface area (Å²) in [4.78, 5) is 2.21. The van der Waals surface area contributed by atoms with Gasteiger partial charge < -0.3 is 15.4 Å². The van der Waals surface area contributed by atoms with Gasteiger partial charge in [0.2, 0.25) is 0 Å². The predicted octanol–water partition coefficient (Wildman–Crippen LogP) is 2.96. The maximum atomic E-state index is 5.69.